The molecule has 0 fully saturated rings. The Morgan fingerprint density at radius 1 is 0.514 bits per heavy atom. The van der Waals surface area contributed by atoms with Crippen molar-refractivity contribution in [3.05, 3.63) is 152 Å². The summed E-state index contributed by atoms with van der Waals surface area (Å²) in [5, 5.41) is 1.39. The quantitative estimate of drug-likeness (QED) is 0.153. The van der Waals surface area contributed by atoms with E-state index in [2.05, 4.69) is 0 Å². The third-order valence-electron chi connectivity index (χ3n) is 6.66. The minimum atomic E-state index is -4.10. The molecule has 0 heterocycles. The van der Waals surface area contributed by atoms with E-state index >= 15 is 0 Å². The van der Waals surface area contributed by atoms with Crippen molar-refractivity contribution < 1.29 is 4.79 Å². The van der Waals surface area contributed by atoms with Crippen LogP contribution in [0.1, 0.15) is 0 Å². The van der Waals surface area contributed by atoms with E-state index in [9.17, 15) is 4.79 Å². The number of rotatable bonds is 7. The second-order valence-electron chi connectivity index (χ2n) is 8.76. The van der Waals surface area contributed by atoms with E-state index in [4.69, 9.17) is 22.8 Å². The van der Waals surface area contributed by atoms with Crippen LogP contribution in [-0.4, -0.2) is 11.0 Å². The zero-order valence-electron chi connectivity index (χ0n) is 20.1. The molecule has 0 saturated heterocycles. The summed E-state index contributed by atoms with van der Waals surface area (Å²) in [5.41, 5.74) is 1.44. The molecule has 1 amide bonds. The SMILES string of the molecule is O=C(C(Cl)P(Cl)(c1ccccc1)(c1ccccc1)c1ccccc1)N(c1ccccc1)c1ccccc1. The molecular weight excluding hydrogens is 516 g/mol. The van der Waals surface area contributed by atoms with Gasteiger partial charge in [0.15, 0.2) is 0 Å². The van der Waals surface area contributed by atoms with Crippen molar-refractivity contribution in [3.63, 3.8) is 0 Å². The third-order valence-corrected chi connectivity index (χ3v) is 15.7. The minimum absolute atomic E-state index is 0.289. The van der Waals surface area contributed by atoms with E-state index in [0.29, 0.717) is 0 Å². The van der Waals surface area contributed by atoms with Gasteiger partial charge in [-0.15, -0.1) is 0 Å². The van der Waals surface area contributed by atoms with Crippen LogP contribution in [0.25, 0.3) is 0 Å². The van der Waals surface area contributed by atoms with Crippen LogP contribution in [0.4, 0.5) is 11.4 Å². The van der Waals surface area contributed by atoms with Crippen molar-refractivity contribution in [1.29, 1.82) is 0 Å². The third kappa shape index (κ3) is 4.26. The van der Waals surface area contributed by atoms with Crippen LogP contribution >= 0.6 is 28.8 Å². The normalized spacial score (nSPS) is 13.2. The molecule has 184 valence electrons. The van der Waals surface area contributed by atoms with Gasteiger partial charge in [-0.05, 0) is 0 Å². The van der Waals surface area contributed by atoms with Gasteiger partial charge in [-0.25, -0.2) is 0 Å². The van der Waals surface area contributed by atoms with E-state index in [1.807, 2.05) is 152 Å². The van der Waals surface area contributed by atoms with Gasteiger partial charge in [0.1, 0.15) is 0 Å². The van der Waals surface area contributed by atoms with Crippen molar-refractivity contribution in [3.8, 4) is 0 Å². The molecule has 1 atom stereocenters. The Bertz CT molecular complexity index is 1330. The van der Waals surface area contributed by atoms with Crippen LogP contribution in [0.5, 0.6) is 0 Å². The standard InChI is InChI=1S/C32H26Cl2NOP/c33-31(32(36)35(26-16-6-1-7-17-26)27-18-8-2-9-19-27)37(34,28-20-10-3-11-21-28,29-22-12-4-13-23-29)30-24-14-5-15-25-30/h1-25,31H. The second kappa shape index (κ2) is 10.5. The topological polar surface area (TPSA) is 20.3 Å². The summed E-state index contributed by atoms with van der Waals surface area (Å²) in [6, 6.07) is 48.6. The molecule has 0 aromatic heterocycles. The van der Waals surface area contributed by atoms with Gasteiger partial charge in [-0.3, -0.25) is 0 Å². The molecule has 0 radical (unpaired) electrons. The summed E-state index contributed by atoms with van der Waals surface area (Å²) in [7, 11) is 0. The maximum absolute atomic E-state index is 14.8. The molecule has 2 nitrogen and oxygen atoms in total. The number of amides is 1. The number of halogens is 2. The summed E-state index contributed by atoms with van der Waals surface area (Å²) in [6.45, 7) is 0. The zero-order valence-corrected chi connectivity index (χ0v) is 22.5. The van der Waals surface area contributed by atoms with E-state index in [0.717, 1.165) is 27.3 Å². The van der Waals surface area contributed by atoms with Crippen LogP contribution in [0.3, 0.4) is 0 Å². The number of benzene rings is 5. The van der Waals surface area contributed by atoms with Crippen molar-refractivity contribution in [2.45, 2.75) is 5.12 Å². The summed E-state index contributed by atoms with van der Waals surface area (Å²) in [6.07, 6.45) is 0. The molecule has 0 aliphatic carbocycles. The molecule has 0 spiro atoms. The Labute approximate surface area is 227 Å². The number of carbonyl (C=O) groups is 1. The molecule has 0 bridgehead atoms. The number of para-hydroxylation sites is 2. The summed E-state index contributed by atoms with van der Waals surface area (Å²) in [5.74, 6) is -4.39. The van der Waals surface area contributed by atoms with Crippen LogP contribution in [0.15, 0.2) is 152 Å². The predicted molar refractivity (Wildman–Crippen MR) is 161 cm³/mol. The van der Waals surface area contributed by atoms with Gasteiger partial charge < -0.3 is 0 Å². The molecular formula is C32H26Cl2NOP. The first-order valence-electron chi connectivity index (χ1n) is 12.0. The molecule has 0 aliphatic heterocycles. The van der Waals surface area contributed by atoms with Crippen LogP contribution in [0.2, 0.25) is 0 Å². The molecule has 5 aromatic carbocycles. The number of alkyl halides is 1. The second-order valence-corrected chi connectivity index (χ2v) is 15.8. The number of carbonyl (C=O) groups excluding carboxylic acids is 1. The van der Waals surface area contributed by atoms with Gasteiger partial charge in [-0.1, -0.05) is 0 Å². The summed E-state index contributed by atoms with van der Waals surface area (Å²) < 4.78 is 0. The van der Waals surface area contributed by atoms with Gasteiger partial charge in [0.05, 0.1) is 0 Å². The summed E-state index contributed by atoms with van der Waals surface area (Å²) >= 11 is 15.7. The number of hydrogen-bond donors (Lipinski definition) is 0. The van der Waals surface area contributed by atoms with Crippen molar-refractivity contribution >= 4 is 62.0 Å². The molecule has 5 rings (SSSR count). The van der Waals surface area contributed by atoms with Crippen molar-refractivity contribution in [1.82, 2.24) is 0 Å². The average Bonchev–Trinajstić information content (AvgIpc) is 2.99. The van der Waals surface area contributed by atoms with E-state index in [1.165, 1.54) is 0 Å². The first-order chi connectivity index (χ1) is 18.1. The molecule has 5 aromatic rings. The molecule has 1 unspecified atom stereocenters. The molecule has 0 aliphatic rings. The Balaban J connectivity index is 1.82. The Morgan fingerprint density at radius 2 is 0.784 bits per heavy atom. The van der Waals surface area contributed by atoms with Crippen LogP contribution in [0, 0.1) is 0 Å². The van der Waals surface area contributed by atoms with Gasteiger partial charge in [-0.2, -0.15) is 0 Å². The van der Waals surface area contributed by atoms with E-state index < -0.39 is 11.1 Å². The Morgan fingerprint density at radius 3 is 1.08 bits per heavy atom. The fraction of sp³-hybridized carbons (Fsp3) is 0.0312. The fourth-order valence-electron chi connectivity index (χ4n) is 4.87. The molecule has 0 N–H and O–H groups in total. The summed E-state index contributed by atoms with van der Waals surface area (Å²) in [4.78, 5) is 16.4. The number of anilines is 2. The molecule has 5 heteroatoms. The Kier molecular flexibility index (Phi) is 7.17. The monoisotopic (exact) mass is 541 g/mol. The predicted octanol–water partition coefficient (Wildman–Crippen LogP) is 7.60. The van der Waals surface area contributed by atoms with Crippen LogP contribution in [-0.2, 0) is 4.79 Å². The Hall–Kier alpha value is -3.42. The van der Waals surface area contributed by atoms with Gasteiger partial charge >= 0.3 is 228 Å². The molecule has 0 saturated carbocycles. The van der Waals surface area contributed by atoms with E-state index in [-0.39, 0.29) is 5.91 Å². The first-order valence-corrected chi connectivity index (χ1v) is 15.7. The molecule has 37 heavy (non-hydrogen) atoms. The first kappa shape index (κ1) is 25.2. The maximum atomic E-state index is 14.8. The number of hydrogen-bond acceptors (Lipinski definition) is 1. The van der Waals surface area contributed by atoms with Crippen molar-refractivity contribution in [2.24, 2.45) is 0 Å². The fourth-order valence-corrected chi connectivity index (χ4v) is 11.7. The van der Waals surface area contributed by atoms with Crippen molar-refractivity contribution in [2.75, 3.05) is 4.90 Å². The van der Waals surface area contributed by atoms with Gasteiger partial charge in [0.25, 0.3) is 0 Å². The number of nitrogens with zero attached hydrogens (tertiary/aromatic N) is 1. The zero-order chi connectivity index (χ0) is 25.7. The van der Waals surface area contributed by atoms with Crippen LogP contribution < -0.4 is 20.8 Å². The van der Waals surface area contributed by atoms with E-state index in [1.54, 1.807) is 4.90 Å². The average molecular weight is 542 g/mol. The van der Waals surface area contributed by atoms with Gasteiger partial charge in [0, 0.05) is 0 Å². The van der Waals surface area contributed by atoms with Gasteiger partial charge in [0.2, 0.25) is 0 Å².